The second-order valence-corrected chi connectivity index (χ2v) is 6.60. The first kappa shape index (κ1) is 17.2. The van der Waals surface area contributed by atoms with Crippen molar-refractivity contribution in [3.05, 3.63) is 41.5 Å². The topological polar surface area (TPSA) is 69.6 Å². The monoisotopic (exact) mass is 340 g/mol. The molecule has 132 valence electrons. The molecule has 1 saturated heterocycles. The van der Waals surface area contributed by atoms with Gasteiger partial charge in [0.15, 0.2) is 5.82 Å². The summed E-state index contributed by atoms with van der Waals surface area (Å²) < 4.78 is 0. The summed E-state index contributed by atoms with van der Waals surface area (Å²) >= 11 is 0. The number of piperidine rings is 1. The number of rotatable bonds is 3. The van der Waals surface area contributed by atoms with Crippen LogP contribution in [0.3, 0.4) is 0 Å². The van der Waals surface area contributed by atoms with Crippen molar-refractivity contribution in [2.24, 2.45) is 0 Å². The highest BCUT2D eigenvalue weighted by Crippen LogP contribution is 2.29. The van der Waals surface area contributed by atoms with Crippen LogP contribution in [-0.4, -0.2) is 52.5 Å². The van der Waals surface area contributed by atoms with E-state index in [9.17, 15) is 4.79 Å². The molecule has 1 aromatic heterocycles. The van der Waals surface area contributed by atoms with Gasteiger partial charge in [0.05, 0.1) is 5.69 Å². The molecule has 0 unspecified atom stereocenters. The number of carbonyl (C=O) groups is 1. The molecule has 25 heavy (non-hydrogen) atoms. The van der Waals surface area contributed by atoms with Gasteiger partial charge in [-0.2, -0.15) is 0 Å². The SMILES string of the molecule is Cc1c(-c2ccccc2)nnc(N2CCC(N(C)C(=O)O)CC2)c1C. The highest BCUT2D eigenvalue weighted by atomic mass is 16.4. The molecule has 0 aliphatic carbocycles. The summed E-state index contributed by atoms with van der Waals surface area (Å²) in [6.45, 7) is 5.76. The summed E-state index contributed by atoms with van der Waals surface area (Å²) in [6.07, 6.45) is 0.754. The van der Waals surface area contributed by atoms with E-state index in [2.05, 4.69) is 28.9 Å². The van der Waals surface area contributed by atoms with Gasteiger partial charge in [0, 0.05) is 31.7 Å². The Morgan fingerprint density at radius 2 is 1.76 bits per heavy atom. The molecule has 6 nitrogen and oxygen atoms in total. The van der Waals surface area contributed by atoms with Crippen LogP contribution in [0.15, 0.2) is 30.3 Å². The number of aromatic nitrogens is 2. The quantitative estimate of drug-likeness (QED) is 0.928. The molecule has 6 heteroatoms. The summed E-state index contributed by atoms with van der Waals surface area (Å²) in [5.41, 5.74) is 4.27. The maximum atomic E-state index is 11.1. The molecule has 0 saturated carbocycles. The lowest BCUT2D eigenvalue weighted by Gasteiger charge is -2.36. The van der Waals surface area contributed by atoms with Crippen LogP contribution in [0.5, 0.6) is 0 Å². The number of amides is 1. The number of benzene rings is 1. The van der Waals surface area contributed by atoms with Crippen molar-refractivity contribution in [1.82, 2.24) is 15.1 Å². The summed E-state index contributed by atoms with van der Waals surface area (Å²) in [4.78, 5) is 14.7. The van der Waals surface area contributed by atoms with Gasteiger partial charge in [-0.1, -0.05) is 30.3 Å². The minimum Gasteiger partial charge on any atom is -0.465 e. The molecule has 1 fully saturated rings. The predicted octanol–water partition coefficient (Wildman–Crippen LogP) is 3.34. The van der Waals surface area contributed by atoms with Gasteiger partial charge in [-0.25, -0.2) is 4.79 Å². The van der Waals surface area contributed by atoms with E-state index in [1.54, 1.807) is 7.05 Å². The lowest BCUT2D eigenvalue weighted by Crippen LogP contribution is -2.45. The summed E-state index contributed by atoms with van der Waals surface area (Å²) in [7, 11) is 1.65. The molecule has 1 amide bonds. The zero-order valence-electron chi connectivity index (χ0n) is 14.9. The number of nitrogens with zero attached hydrogens (tertiary/aromatic N) is 4. The average Bonchev–Trinajstić information content (AvgIpc) is 2.64. The lowest BCUT2D eigenvalue weighted by atomic mass is 10.0. The van der Waals surface area contributed by atoms with Gasteiger partial charge in [-0.15, -0.1) is 10.2 Å². The smallest absolute Gasteiger partial charge is 0.407 e. The standard InChI is InChI=1S/C19H24N4O2/c1-13-14(2)18(21-20-17(13)15-7-5-4-6-8-15)23-11-9-16(10-12-23)22(3)19(24)25/h4-8,16H,9-12H2,1-3H3,(H,24,25). The molecule has 3 rings (SSSR count). The van der Waals surface area contributed by atoms with Crippen LogP contribution in [0.2, 0.25) is 0 Å². The van der Waals surface area contributed by atoms with E-state index in [4.69, 9.17) is 5.11 Å². The third-order valence-corrected chi connectivity index (χ3v) is 5.16. The minimum atomic E-state index is -0.863. The van der Waals surface area contributed by atoms with Gasteiger partial charge < -0.3 is 14.9 Å². The molecular weight excluding hydrogens is 316 g/mol. The van der Waals surface area contributed by atoms with Crippen LogP contribution in [0.4, 0.5) is 10.6 Å². The Balaban J connectivity index is 1.79. The van der Waals surface area contributed by atoms with Gasteiger partial charge >= 0.3 is 6.09 Å². The molecule has 0 spiro atoms. The van der Waals surface area contributed by atoms with E-state index in [0.717, 1.165) is 54.1 Å². The van der Waals surface area contributed by atoms with Gasteiger partial charge in [-0.3, -0.25) is 0 Å². The third kappa shape index (κ3) is 3.43. The molecule has 0 radical (unpaired) electrons. The highest BCUT2D eigenvalue weighted by molar-refractivity contribution is 5.67. The first-order chi connectivity index (χ1) is 12.0. The Morgan fingerprint density at radius 3 is 2.36 bits per heavy atom. The third-order valence-electron chi connectivity index (χ3n) is 5.16. The van der Waals surface area contributed by atoms with Crippen LogP contribution < -0.4 is 4.90 Å². The van der Waals surface area contributed by atoms with E-state index in [0.29, 0.717) is 0 Å². The van der Waals surface area contributed by atoms with Crippen LogP contribution in [0, 0.1) is 13.8 Å². The largest absolute Gasteiger partial charge is 0.465 e. The van der Waals surface area contributed by atoms with Crippen LogP contribution in [-0.2, 0) is 0 Å². The summed E-state index contributed by atoms with van der Waals surface area (Å²) in [5.74, 6) is 0.911. The molecule has 0 atom stereocenters. The zero-order valence-corrected chi connectivity index (χ0v) is 14.9. The van der Waals surface area contributed by atoms with Crippen molar-refractivity contribution in [3.8, 4) is 11.3 Å². The molecule has 1 aromatic carbocycles. The Bertz CT molecular complexity index is 756. The number of anilines is 1. The fourth-order valence-electron chi connectivity index (χ4n) is 3.38. The van der Waals surface area contributed by atoms with Gasteiger partial charge in [0.25, 0.3) is 0 Å². The van der Waals surface area contributed by atoms with Crippen molar-refractivity contribution < 1.29 is 9.90 Å². The van der Waals surface area contributed by atoms with E-state index >= 15 is 0 Å². The van der Waals surface area contributed by atoms with E-state index in [1.165, 1.54) is 4.90 Å². The van der Waals surface area contributed by atoms with E-state index in [1.807, 2.05) is 30.3 Å². The van der Waals surface area contributed by atoms with E-state index in [-0.39, 0.29) is 6.04 Å². The molecule has 1 N–H and O–H groups in total. The normalized spacial score (nSPS) is 15.2. The first-order valence-corrected chi connectivity index (χ1v) is 8.59. The van der Waals surface area contributed by atoms with Gasteiger partial charge in [0.2, 0.25) is 0 Å². The number of carboxylic acid groups (broad SMARTS) is 1. The minimum absolute atomic E-state index is 0.0757. The van der Waals surface area contributed by atoms with Gasteiger partial charge in [-0.05, 0) is 37.8 Å². The Kier molecular flexibility index (Phi) is 4.88. The first-order valence-electron chi connectivity index (χ1n) is 8.59. The maximum absolute atomic E-state index is 11.1. The fraction of sp³-hybridized carbons (Fsp3) is 0.421. The van der Waals surface area contributed by atoms with E-state index < -0.39 is 6.09 Å². The van der Waals surface area contributed by atoms with Crippen LogP contribution >= 0.6 is 0 Å². The Hall–Kier alpha value is -2.63. The molecule has 2 heterocycles. The number of hydrogen-bond acceptors (Lipinski definition) is 4. The second kappa shape index (κ2) is 7.09. The summed E-state index contributed by atoms with van der Waals surface area (Å²) in [5, 5.41) is 18.1. The Labute approximate surface area is 148 Å². The average molecular weight is 340 g/mol. The van der Waals surface area contributed by atoms with Crippen molar-refractivity contribution >= 4 is 11.9 Å². The molecule has 2 aromatic rings. The number of hydrogen-bond donors (Lipinski definition) is 1. The summed E-state index contributed by atoms with van der Waals surface area (Å²) in [6, 6.07) is 10.2. The highest BCUT2D eigenvalue weighted by Gasteiger charge is 2.27. The molecule has 1 aliphatic rings. The lowest BCUT2D eigenvalue weighted by molar-refractivity contribution is 0.131. The van der Waals surface area contributed by atoms with Gasteiger partial charge in [0.1, 0.15) is 0 Å². The predicted molar refractivity (Wildman–Crippen MR) is 98.0 cm³/mol. The van der Waals surface area contributed by atoms with Crippen molar-refractivity contribution in [2.75, 3.05) is 25.0 Å². The zero-order chi connectivity index (χ0) is 18.0. The molecule has 1 aliphatic heterocycles. The molecule has 0 bridgehead atoms. The maximum Gasteiger partial charge on any atom is 0.407 e. The van der Waals surface area contributed by atoms with Crippen LogP contribution in [0.1, 0.15) is 24.0 Å². The van der Waals surface area contributed by atoms with Crippen molar-refractivity contribution in [1.29, 1.82) is 0 Å². The fourth-order valence-corrected chi connectivity index (χ4v) is 3.38. The Morgan fingerprint density at radius 1 is 1.12 bits per heavy atom. The van der Waals surface area contributed by atoms with Crippen molar-refractivity contribution in [3.63, 3.8) is 0 Å². The van der Waals surface area contributed by atoms with Crippen molar-refractivity contribution in [2.45, 2.75) is 32.7 Å². The van der Waals surface area contributed by atoms with Crippen LogP contribution in [0.25, 0.3) is 11.3 Å². The molecular formula is C19H24N4O2. The second-order valence-electron chi connectivity index (χ2n) is 6.60.